The Bertz CT molecular complexity index is 639. The van der Waals surface area contributed by atoms with E-state index in [0.29, 0.717) is 24.1 Å². The molecule has 30 heavy (non-hydrogen) atoms. The Morgan fingerprint density at radius 1 is 1.17 bits per heavy atom. The summed E-state index contributed by atoms with van der Waals surface area (Å²) in [6.45, 7) is 7.64. The van der Waals surface area contributed by atoms with Crippen LogP contribution in [-0.2, 0) is 11.3 Å². The maximum absolute atomic E-state index is 10.5. The van der Waals surface area contributed by atoms with Crippen LogP contribution in [0.25, 0.3) is 0 Å². The van der Waals surface area contributed by atoms with E-state index in [1.807, 2.05) is 12.1 Å². The lowest BCUT2D eigenvalue weighted by molar-refractivity contribution is 0.0406. The topological polar surface area (TPSA) is 57.6 Å². The Labute approximate surface area is 181 Å². The summed E-state index contributed by atoms with van der Waals surface area (Å²) in [5.74, 6) is 1.40. The molecule has 1 unspecified atom stereocenters. The quantitative estimate of drug-likeness (QED) is 0.651. The highest BCUT2D eigenvalue weighted by Gasteiger charge is 2.20. The van der Waals surface area contributed by atoms with Crippen LogP contribution < -0.4 is 9.47 Å². The molecule has 0 bridgehead atoms. The van der Waals surface area contributed by atoms with Crippen molar-refractivity contribution in [1.29, 1.82) is 0 Å². The van der Waals surface area contributed by atoms with Gasteiger partial charge in [-0.1, -0.05) is 6.07 Å². The Balaban J connectivity index is 1.53. The van der Waals surface area contributed by atoms with Crippen molar-refractivity contribution in [2.75, 3.05) is 73.7 Å². The Hall–Kier alpha value is -1.38. The maximum atomic E-state index is 10.5. The zero-order valence-electron chi connectivity index (χ0n) is 18.9. The smallest absolute Gasteiger partial charge is 0.161 e. The van der Waals surface area contributed by atoms with Gasteiger partial charge in [0, 0.05) is 45.4 Å². The largest absolute Gasteiger partial charge is 0.493 e. The maximum Gasteiger partial charge on any atom is 0.161 e. The summed E-state index contributed by atoms with van der Waals surface area (Å²) in [4.78, 5) is 7.06. The number of hydrogen-bond donors (Lipinski definition) is 1. The molecule has 0 aliphatic carbocycles. The fourth-order valence-corrected chi connectivity index (χ4v) is 4.29. The zero-order valence-corrected chi connectivity index (χ0v) is 18.9. The van der Waals surface area contributed by atoms with Crippen molar-refractivity contribution < 1.29 is 19.3 Å². The number of methoxy groups -OCH3 is 1. The van der Waals surface area contributed by atoms with Gasteiger partial charge in [0.25, 0.3) is 0 Å². The molecule has 0 radical (unpaired) electrons. The highest BCUT2D eigenvalue weighted by atomic mass is 16.5. The van der Waals surface area contributed by atoms with E-state index in [0.717, 1.165) is 65.2 Å². The fourth-order valence-electron chi connectivity index (χ4n) is 4.29. The van der Waals surface area contributed by atoms with Crippen LogP contribution in [0.2, 0.25) is 0 Å². The molecule has 2 aliphatic heterocycles. The summed E-state index contributed by atoms with van der Waals surface area (Å²) < 4.78 is 17.0. The standard InChI is InChI=1S/C23H39N3O4/c1-24-9-4-10-26(12-11-24)17-21(27)18-30-23-15-19(5-6-22(23)28-3)16-25(2)20-7-13-29-14-8-20/h5-6,15,20-21,27H,4,7-14,16-18H2,1-3H3. The molecule has 2 saturated heterocycles. The second-order valence-electron chi connectivity index (χ2n) is 8.67. The third-order valence-corrected chi connectivity index (χ3v) is 6.19. The van der Waals surface area contributed by atoms with Crippen molar-refractivity contribution in [2.45, 2.75) is 38.0 Å². The summed E-state index contributed by atoms with van der Waals surface area (Å²) in [5, 5.41) is 10.5. The van der Waals surface area contributed by atoms with Crippen LogP contribution in [0.5, 0.6) is 11.5 Å². The van der Waals surface area contributed by atoms with E-state index in [4.69, 9.17) is 14.2 Å². The molecule has 170 valence electrons. The van der Waals surface area contributed by atoms with Crippen molar-refractivity contribution in [1.82, 2.24) is 14.7 Å². The van der Waals surface area contributed by atoms with Gasteiger partial charge in [-0.25, -0.2) is 0 Å². The van der Waals surface area contributed by atoms with Crippen molar-refractivity contribution >= 4 is 0 Å². The van der Waals surface area contributed by atoms with Crippen LogP contribution in [0.15, 0.2) is 18.2 Å². The zero-order chi connectivity index (χ0) is 21.3. The summed E-state index contributed by atoms with van der Waals surface area (Å²) in [6.07, 6.45) is 2.77. The fraction of sp³-hybridized carbons (Fsp3) is 0.739. The number of aliphatic hydroxyl groups is 1. The van der Waals surface area contributed by atoms with Gasteiger partial charge >= 0.3 is 0 Å². The van der Waals surface area contributed by atoms with Gasteiger partial charge < -0.3 is 24.2 Å². The minimum absolute atomic E-state index is 0.266. The van der Waals surface area contributed by atoms with E-state index in [1.165, 1.54) is 5.56 Å². The Kier molecular flexibility index (Phi) is 9.21. The monoisotopic (exact) mass is 421 g/mol. The average molecular weight is 422 g/mol. The third-order valence-electron chi connectivity index (χ3n) is 6.19. The third kappa shape index (κ3) is 7.10. The molecular formula is C23H39N3O4. The summed E-state index contributed by atoms with van der Waals surface area (Å²) >= 11 is 0. The van der Waals surface area contributed by atoms with Crippen LogP contribution in [-0.4, -0.2) is 106 Å². The highest BCUT2D eigenvalue weighted by molar-refractivity contribution is 5.43. The summed E-state index contributed by atoms with van der Waals surface area (Å²) in [6, 6.07) is 6.65. The normalized spacial score (nSPS) is 20.8. The molecule has 0 amide bonds. The number of rotatable bonds is 9. The molecule has 1 N–H and O–H groups in total. The Morgan fingerprint density at radius 2 is 1.97 bits per heavy atom. The molecule has 7 heteroatoms. The first kappa shape index (κ1) is 23.3. The van der Waals surface area contributed by atoms with Crippen LogP contribution in [0.4, 0.5) is 0 Å². The van der Waals surface area contributed by atoms with E-state index >= 15 is 0 Å². The van der Waals surface area contributed by atoms with Crippen molar-refractivity contribution in [3.63, 3.8) is 0 Å². The average Bonchev–Trinajstić information content (AvgIpc) is 2.97. The molecule has 7 nitrogen and oxygen atoms in total. The minimum Gasteiger partial charge on any atom is -0.493 e. The van der Waals surface area contributed by atoms with Gasteiger partial charge in [-0.05, 0) is 64.1 Å². The summed E-state index contributed by atoms with van der Waals surface area (Å²) in [7, 11) is 5.98. The van der Waals surface area contributed by atoms with Crippen LogP contribution in [0.1, 0.15) is 24.8 Å². The lowest BCUT2D eigenvalue weighted by atomic mass is 10.1. The molecule has 0 spiro atoms. The van der Waals surface area contributed by atoms with Gasteiger partial charge in [-0.2, -0.15) is 0 Å². The predicted molar refractivity (Wildman–Crippen MR) is 118 cm³/mol. The predicted octanol–water partition coefficient (Wildman–Crippen LogP) is 1.68. The molecular weight excluding hydrogens is 382 g/mol. The van der Waals surface area contributed by atoms with Gasteiger partial charge in [0.2, 0.25) is 0 Å². The highest BCUT2D eigenvalue weighted by Crippen LogP contribution is 2.29. The molecule has 1 atom stereocenters. The molecule has 0 aromatic heterocycles. The first-order chi connectivity index (χ1) is 14.5. The second-order valence-corrected chi connectivity index (χ2v) is 8.67. The number of hydrogen-bond acceptors (Lipinski definition) is 7. The van der Waals surface area contributed by atoms with E-state index in [9.17, 15) is 5.11 Å². The lowest BCUT2D eigenvalue weighted by Gasteiger charge is -2.31. The summed E-state index contributed by atoms with van der Waals surface area (Å²) in [5.41, 5.74) is 1.19. The van der Waals surface area contributed by atoms with E-state index < -0.39 is 6.10 Å². The number of benzene rings is 1. The first-order valence-electron chi connectivity index (χ1n) is 11.2. The van der Waals surface area contributed by atoms with Gasteiger partial charge in [0.05, 0.1) is 7.11 Å². The van der Waals surface area contributed by atoms with Gasteiger partial charge in [0.15, 0.2) is 11.5 Å². The molecule has 2 heterocycles. The number of likely N-dealkylation sites (N-methyl/N-ethyl adjacent to an activating group) is 1. The molecule has 1 aromatic carbocycles. The number of nitrogens with zero attached hydrogens (tertiary/aromatic N) is 3. The molecule has 2 aliphatic rings. The number of ether oxygens (including phenoxy) is 3. The number of aliphatic hydroxyl groups excluding tert-OH is 1. The molecule has 0 saturated carbocycles. The number of β-amino-alcohol motifs (C(OH)–C–C–N with tert-alkyl or cyclic N) is 1. The van der Waals surface area contributed by atoms with Crippen molar-refractivity contribution in [2.24, 2.45) is 0 Å². The molecule has 1 aromatic rings. The molecule has 2 fully saturated rings. The Morgan fingerprint density at radius 3 is 2.73 bits per heavy atom. The van der Waals surface area contributed by atoms with E-state index in [2.05, 4.69) is 34.9 Å². The van der Waals surface area contributed by atoms with Crippen LogP contribution in [0.3, 0.4) is 0 Å². The van der Waals surface area contributed by atoms with E-state index in [1.54, 1.807) is 7.11 Å². The van der Waals surface area contributed by atoms with Crippen molar-refractivity contribution in [3.8, 4) is 11.5 Å². The SMILES string of the molecule is COc1ccc(CN(C)C2CCOCC2)cc1OCC(O)CN1CCCN(C)CC1. The van der Waals surface area contributed by atoms with Gasteiger partial charge in [-0.3, -0.25) is 9.80 Å². The van der Waals surface area contributed by atoms with Crippen LogP contribution >= 0.6 is 0 Å². The van der Waals surface area contributed by atoms with Crippen molar-refractivity contribution in [3.05, 3.63) is 23.8 Å². The second kappa shape index (κ2) is 11.9. The minimum atomic E-state index is -0.522. The lowest BCUT2D eigenvalue weighted by Crippen LogP contribution is -2.37. The molecule has 3 rings (SSSR count). The van der Waals surface area contributed by atoms with Crippen LogP contribution in [0, 0.1) is 0 Å². The van der Waals surface area contributed by atoms with Gasteiger partial charge in [0.1, 0.15) is 12.7 Å². The van der Waals surface area contributed by atoms with Gasteiger partial charge in [-0.15, -0.1) is 0 Å². The first-order valence-corrected chi connectivity index (χ1v) is 11.2. The van der Waals surface area contributed by atoms with E-state index in [-0.39, 0.29) is 6.61 Å².